The molecule has 2 aromatic heterocycles. The van der Waals surface area contributed by atoms with Crippen LogP contribution in [0.2, 0.25) is 0 Å². The number of rotatable bonds is 4. The summed E-state index contributed by atoms with van der Waals surface area (Å²) < 4.78 is 46.1. The fourth-order valence-electron chi connectivity index (χ4n) is 4.46. The van der Waals surface area contributed by atoms with E-state index in [1.54, 1.807) is 12.1 Å². The van der Waals surface area contributed by atoms with E-state index in [0.717, 1.165) is 36.0 Å². The van der Waals surface area contributed by atoms with E-state index in [-0.39, 0.29) is 5.69 Å². The number of anilines is 1. The van der Waals surface area contributed by atoms with Crippen LogP contribution in [0.3, 0.4) is 0 Å². The Morgan fingerprint density at radius 2 is 2.06 bits per heavy atom. The van der Waals surface area contributed by atoms with Crippen LogP contribution in [-0.2, 0) is 6.18 Å². The number of hydrogen-bond acceptors (Lipinski definition) is 5. The van der Waals surface area contributed by atoms with E-state index in [1.807, 2.05) is 10.9 Å². The molecular weight excluding hydrogens is 411 g/mol. The van der Waals surface area contributed by atoms with Gasteiger partial charge in [-0.1, -0.05) is 6.07 Å². The third-order valence-corrected chi connectivity index (χ3v) is 6.24. The van der Waals surface area contributed by atoms with Crippen molar-refractivity contribution in [2.45, 2.75) is 24.7 Å². The average molecular weight is 431 g/mol. The van der Waals surface area contributed by atoms with Crippen LogP contribution >= 0.6 is 0 Å². The lowest BCUT2D eigenvalue weighted by Gasteiger charge is -2.58. The van der Waals surface area contributed by atoms with Crippen molar-refractivity contribution in [2.75, 3.05) is 26.0 Å². The molecule has 1 saturated heterocycles. The zero-order valence-corrected chi connectivity index (χ0v) is 16.8. The number of carbonyl (C=O) groups is 1. The molecule has 3 aromatic rings. The number of amides is 1. The summed E-state index contributed by atoms with van der Waals surface area (Å²) in [5.74, 6) is 0.218. The molecule has 1 aliphatic carbocycles. The van der Waals surface area contributed by atoms with E-state index in [4.69, 9.17) is 4.74 Å². The highest BCUT2D eigenvalue weighted by molar-refractivity contribution is 6.05. The van der Waals surface area contributed by atoms with Crippen molar-refractivity contribution in [1.82, 2.24) is 19.7 Å². The topological polar surface area (TPSA) is 72.3 Å². The number of fused-ring (bicyclic) bond motifs is 2. The molecule has 1 N–H and O–H groups in total. The molecule has 2 fully saturated rings. The maximum absolute atomic E-state index is 12.9. The molecule has 1 saturated carbocycles. The fraction of sp³-hybridized carbons (Fsp3) is 0.381. The molecule has 5 rings (SSSR count). The Morgan fingerprint density at radius 3 is 2.71 bits per heavy atom. The lowest BCUT2D eigenvalue weighted by Crippen LogP contribution is -2.65. The first-order chi connectivity index (χ1) is 14.7. The predicted octanol–water partition coefficient (Wildman–Crippen LogP) is 3.59. The Morgan fingerprint density at radius 1 is 1.26 bits per heavy atom. The highest BCUT2D eigenvalue weighted by atomic mass is 19.4. The molecule has 10 heteroatoms. The van der Waals surface area contributed by atoms with Crippen LogP contribution in [0.5, 0.6) is 5.75 Å². The third-order valence-electron chi connectivity index (χ3n) is 6.24. The monoisotopic (exact) mass is 431 g/mol. The molecule has 0 radical (unpaired) electrons. The molecule has 7 nitrogen and oxygen atoms in total. The molecule has 0 spiro atoms. The Kier molecular flexibility index (Phi) is 4.44. The number of aromatic nitrogens is 3. The molecule has 1 amide bonds. The zero-order chi connectivity index (χ0) is 21.9. The van der Waals surface area contributed by atoms with Crippen molar-refractivity contribution in [3.8, 4) is 5.75 Å². The van der Waals surface area contributed by atoms with Crippen LogP contribution in [-0.4, -0.2) is 52.3 Å². The number of alkyl halides is 3. The summed E-state index contributed by atoms with van der Waals surface area (Å²) in [6, 6.07) is 7.61. The van der Waals surface area contributed by atoms with Crippen LogP contribution in [0.4, 0.5) is 18.9 Å². The number of nitrogens with zero attached hydrogens (tertiary/aromatic N) is 4. The van der Waals surface area contributed by atoms with E-state index in [1.165, 1.54) is 13.2 Å². The summed E-state index contributed by atoms with van der Waals surface area (Å²) in [4.78, 5) is 18.3. The lowest BCUT2D eigenvalue weighted by molar-refractivity contribution is -0.141. The minimum absolute atomic E-state index is 0.331. The largest absolute Gasteiger partial charge is 0.494 e. The quantitative estimate of drug-likeness (QED) is 0.684. The van der Waals surface area contributed by atoms with Crippen molar-refractivity contribution in [1.29, 1.82) is 0 Å². The molecule has 162 valence electrons. The van der Waals surface area contributed by atoms with Gasteiger partial charge in [0.2, 0.25) is 0 Å². The highest BCUT2D eigenvalue weighted by Gasteiger charge is 2.52. The number of halogens is 3. The van der Waals surface area contributed by atoms with Crippen molar-refractivity contribution in [2.24, 2.45) is 5.92 Å². The summed E-state index contributed by atoms with van der Waals surface area (Å²) in [7, 11) is 3.58. The minimum Gasteiger partial charge on any atom is -0.494 e. The first kappa shape index (κ1) is 19.8. The number of piperidine rings is 1. The number of pyridine rings is 1. The highest BCUT2D eigenvalue weighted by Crippen LogP contribution is 2.48. The first-order valence-electron chi connectivity index (χ1n) is 9.87. The van der Waals surface area contributed by atoms with E-state index in [2.05, 4.69) is 27.3 Å². The van der Waals surface area contributed by atoms with Crippen LogP contribution in [0.15, 0.2) is 36.5 Å². The molecule has 1 aliphatic heterocycles. The van der Waals surface area contributed by atoms with Crippen molar-refractivity contribution in [3.63, 3.8) is 0 Å². The van der Waals surface area contributed by atoms with E-state index >= 15 is 0 Å². The van der Waals surface area contributed by atoms with Crippen molar-refractivity contribution < 1.29 is 22.7 Å². The van der Waals surface area contributed by atoms with E-state index in [0.29, 0.717) is 29.4 Å². The zero-order valence-electron chi connectivity index (χ0n) is 16.8. The number of hydrogen-bond donors (Lipinski definition) is 1. The number of likely N-dealkylation sites (tertiary alicyclic amines) is 1. The summed E-state index contributed by atoms with van der Waals surface area (Å²) in [5, 5.41) is 8.09. The second kappa shape index (κ2) is 6.94. The van der Waals surface area contributed by atoms with Gasteiger partial charge in [0, 0.05) is 36.2 Å². The van der Waals surface area contributed by atoms with Crippen LogP contribution in [0.1, 0.15) is 28.6 Å². The van der Waals surface area contributed by atoms with Crippen LogP contribution in [0.25, 0.3) is 10.9 Å². The fourth-order valence-corrected chi connectivity index (χ4v) is 4.46. The molecule has 1 aromatic carbocycles. The van der Waals surface area contributed by atoms with Gasteiger partial charge in [0.25, 0.3) is 5.91 Å². The minimum atomic E-state index is -4.63. The summed E-state index contributed by atoms with van der Waals surface area (Å²) in [5.41, 5.74) is -0.386. The predicted molar refractivity (Wildman–Crippen MR) is 107 cm³/mol. The lowest BCUT2D eigenvalue weighted by atomic mass is 9.67. The Bertz CT molecular complexity index is 1180. The van der Waals surface area contributed by atoms with Gasteiger partial charge in [0.15, 0.2) is 0 Å². The second-order valence-corrected chi connectivity index (χ2v) is 8.05. The SMILES string of the molecule is COc1cc2nn([C@H]3CC4C3CN4C)cc2cc1NC(=O)c1cccc(C(F)(F)F)n1. The van der Waals surface area contributed by atoms with Crippen LogP contribution in [0, 0.1) is 5.92 Å². The molecule has 0 bridgehead atoms. The maximum atomic E-state index is 12.9. The standard InChI is InChI=1S/C21H20F3N5O2/c1-28-10-12-16(28)8-17(12)29-9-11-6-15(18(31-2)7-14(11)27-29)26-20(30)13-4-3-5-19(25-13)21(22,23)24/h3-7,9,12,16-17H,8,10H2,1-2H3,(H,26,30)/t12?,16?,17-/m0/s1. The summed E-state index contributed by atoms with van der Waals surface area (Å²) >= 11 is 0. The molecule has 3 atom stereocenters. The van der Waals surface area contributed by atoms with Crippen LogP contribution < -0.4 is 10.1 Å². The number of nitrogens with one attached hydrogen (secondary N) is 1. The van der Waals surface area contributed by atoms with Gasteiger partial charge >= 0.3 is 6.18 Å². The number of carbonyl (C=O) groups excluding carboxylic acids is 1. The number of benzene rings is 1. The second-order valence-electron chi connectivity index (χ2n) is 8.05. The van der Waals surface area contributed by atoms with Gasteiger partial charge < -0.3 is 15.0 Å². The van der Waals surface area contributed by atoms with Crippen molar-refractivity contribution in [3.05, 3.63) is 47.9 Å². The van der Waals surface area contributed by atoms with Gasteiger partial charge in [0.05, 0.1) is 24.4 Å². The summed E-state index contributed by atoms with van der Waals surface area (Å²) in [6.45, 7) is 1.06. The number of ether oxygens (including phenoxy) is 1. The molecule has 2 aliphatic rings. The van der Waals surface area contributed by atoms with Gasteiger partial charge in [-0.2, -0.15) is 18.3 Å². The van der Waals surface area contributed by atoms with E-state index in [9.17, 15) is 18.0 Å². The molecular formula is C21H20F3N5O2. The van der Waals surface area contributed by atoms with E-state index < -0.39 is 17.8 Å². The van der Waals surface area contributed by atoms with Gasteiger partial charge in [-0.15, -0.1) is 0 Å². The molecule has 2 unspecified atom stereocenters. The average Bonchev–Trinajstić information content (AvgIpc) is 3.12. The van der Waals surface area contributed by atoms with Gasteiger partial charge in [0.1, 0.15) is 17.1 Å². The van der Waals surface area contributed by atoms with Crippen molar-refractivity contribution >= 4 is 22.5 Å². The third kappa shape index (κ3) is 3.31. The summed E-state index contributed by atoms with van der Waals surface area (Å²) in [6.07, 6.45) is -1.64. The molecule has 31 heavy (non-hydrogen) atoms. The Labute approximate surface area is 175 Å². The normalized spacial score (nSPS) is 23.1. The molecule has 3 heterocycles. The Balaban J connectivity index is 1.41. The van der Waals surface area contributed by atoms with Gasteiger partial charge in [-0.3, -0.25) is 9.48 Å². The smallest absolute Gasteiger partial charge is 0.433 e. The number of methoxy groups -OCH3 is 1. The Hall–Kier alpha value is -3.14. The maximum Gasteiger partial charge on any atom is 0.433 e. The van der Waals surface area contributed by atoms with Gasteiger partial charge in [-0.25, -0.2) is 4.98 Å². The van der Waals surface area contributed by atoms with Gasteiger partial charge in [-0.05, 0) is 31.7 Å². The first-order valence-corrected chi connectivity index (χ1v) is 9.87.